The Labute approximate surface area is 120 Å². The first kappa shape index (κ1) is 14.6. The molecule has 110 valence electrons. The summed E-state index contributed by atoms with van der Waals surface area (Å²) in [5.74, 6) is -0.291. The molecule has 0 saturated carbocycles. The van der Waals surface area contributed by atoms with Crippen LogP contribution in [0.25, 0.3) is 0 Å². The summed E-state index contributed by atoms with van der Waals surface area (Å²) in [6.45, 7) is 2.36. The third-order valence-electron chi connectivity index (χ3n) is 2.76. The third kappa shape index (κ3) is 4.34. The quantitative estimate of drug-likeness (QED) is 0.776. The molecule has 2 aromatic rings. The smallest absolute Gasteiger partial charge is 0.335 e. The molecule has 1 aromatic carbocycles. The van der Waals surface area contributed by atoms with Gasteiger partial charge in [-0.2, -0.15) is 0 Å². The van der Waals surface area contributed by atoms with E-state index in [2.05, 4.69) is 15.8 Å². The van der Waals surface area contributed by atoms with Gasteiger partial charge in [0.1, 0.15) is 11.5 Å². The topological polar surface area (TPSA) is 104 Å². The number of urea groups is 1. The van der Waals surface area contributed by atoms with Crippen molar-refractivity contribution in [1.29, 1.82) is 0 Å². The fraction of sp³-hybridized carbons (Fsp3) is 0.214. The molecule has 0 radical (unpaired) electrons. The maximum atomic E-state index is 11.6. The largest absolute Gasteiger partial charge is 0.478 e. The number of nitrogens with zero attached hydrogens (tertiary/aromatic N) is 1. The minimum atomic E-state index is -0.977. The maximum absolute atomic E-state index is 11.6. The van der Waals surface area contributed by atoms with Crippen molar-refractivity contribution in [3.63, 3.8) is 0 Å². The van der Waals surface area contributed by atoms with Gasteiger partial charge in [-0.1, -0.05) is 17.3 Å². The molecular formula is C14H15N3O4. The average Bonchev–Trinajstić information content (AvgIpc) is 2.89. The van der Waals surface area contributed by atoms with E-state index in [4.69, 9.17) is 9.63 Å². The van der Waals surface area contributed by atoms with E-state index in [-0.39, 0.29) is 18.1 Å². The van der Waals surface area contributed by atoms with Crippen molar-refractivity contribution in [3.8, 4) is 0 Å². The highest BCUT2D eigenvalue weighted by Gasteiger charge is 2.05. The van der Waals surface area contributed by atoms with Crippen molar-refractivity contribution >= 4 is 12.0 Å². The molecule has 3 N–H and O–H groups in total. The second-order valence-corrected chi connectivity index (χ2v) is 4.47. The van der Waals surface area contributed by atoms with Gasteiger partial charge in [0.15, 0.2) is 0 Å². The van der Waals surface area contributed by atoms with Crippen molar-refractivity contribution in [2.24, 2.45) is 0 Å². The highest BCUT2D eigenvalue weighted by molar-refractivity contribution is 5.87. The van der Waals surface area contributed by atoms with Gasteiger partial charge in [0.25, 0.3) is 0 Å². The number of carboxylic acids is 1. The zero-order valence-electron chi connectivity index (χ0n) is 11.4. The summed E-state index contributed by atoms with van der Waals surface area (Å²) in [5.41, 5.74) is 1.67. The van der Waals surface area contributed by atoms with Crippen LogP contribution in [0.5, 0.6) is 0 Å². The summed E-state index contributed by atoms with van der Waals surface area (Å²) < 4.78 is 4.89. The minimum Gasteiger partial charge on any atom is -0.478 e. The van der Waals surface area contributed by atoms with Crippen molar-refractivity contribution in [2.45, 2.75) is 20.0 Å². The molecule has 0 aliphatic rings. The van der Waals surface area contributed by atoms with Gasteiger partial charge in [0.05, 0.1) is 12.1 Å². The molecule has 1 aromatic heterocycles. The Bertz CT molecular complexity index is 634. The van der Waals surface area contributed by atoms with Gasteiger partial charge in [-0.3, -0.25) is 0 Å². The summed E-state index contributed by atoms with van der Waals surface area (Å²) in [7, 11) is 0. The van der Waals surface area contributed by atoms with E-state index in [1.54, 1.807) is 25.1 Å². The first-order chi connectivity index (χ1) is 10.0. The molecule has 0 saturated heterocycles. The molecule has 21 heavy (non-hydrogen) atoms. The zero-order chi connectivity index (χ0) is 15.2. The average molecular weight is 289 g/mol. The number of benzene rings is 1. The van der Waals surface area contributed by atoms with Gasteiger partial charge in [0.2, 0.25) is 0 Å². The van der Waals surface area contributed by atoms with Crippen molar-refractivity contribution in [2.75, 3.05) is 0 Å². The predicted molar refractivity (Wildman–Crippen MR) is 73.7 cm³/mol. The molecule has 7 heteroatoms. The number of aryl methyl sites for hydroxylation is 1. The second-order valence-electron chi connectivity index (χ2n) is 4.47. The Morgan fingerprint density at radius 1 is 1.19 bits per heavy atom. The van der Waals surface area contributed by atoms with E-state index < -0.39 is 5.97 Å². The Morgan fingerprint density at radius 3 is 2.43 bits per heavy atom. The Hall–Kier alpha value is -2.83. The molecule has 0 spiro atoms. The van der Waals surface area contributed by atoms with Crippen LogP contribution in [-0.4, -0.2) is 22.3 Å². The van der Waals surface area contributed by atoms with Gasteiger partial charge in [-0.25, -0.2) is 9.59 Å². The first-order valence-electron chi connectivity index (χ1n) is 6.31. The van der Waals surface area contributed by atoms with E-state index in [1.165, 1.54) is 12.1 Å². The second kappa shape index (κ2) is 6.56. The van der Waals surface area contributed by atoms with E-state index in [0.29, 0.717) is 18.0 Å². The Kier molecular flexibility index (Phi) is 4.55. The van der Waals surface area contributed by atoms with E-state index in [9.17, 15) is 9.59 Å². The number of nitrogens with one attached hydrogen (secondary N) is 2. The Balaban J connectivity index is 1.77. The third-order valence-corrected chi connectivity index (χ3v) is 2.76. The van der Waals surface area contributed by atoms with Gasteiger partial charge in [0, 0.05) is 12.6 Å². The van der Waals surface area contributed by atoms with Crippen LogP contribution in [0.2, 0.25) is 0 Å². The molecule has 0 atom stereocenters. The molecule has 0 fully saturated rings. The lowest BCUT2D eigenvalue weighted by atomic mass is 10.1. The van der Waals surface area contributed by atoms with Crippen LogP contribution >= 0.6 is 0 Å². The van der Waals surface area contributed by atoms with Crippen LogP contribution in [0.1, 0.15) is 27.4 Å². The summed E-state index contributed by atoms with van der Waals surface area (Å²) in [5, 5.41) is 17.9. The highest BCUT2D eigenvalue weighted by atomic mass is 16.5. The number of carboxylic acid groups (broad SMARTS) is 1. The number of aromatic nitrogens is 1. The minimum absolute atomic E-state index is 0.213. The van der Waals surface area contributed by atoms with Crippen LogP contribution in [0.3, 0.4) is 0 Å². The normalized spacial score (nSPS) is 10.1. The van der Waals surface area contributed by atoms with Crippen molar-refractivity contribution in [3.05, 3.63) is 52.9 Å². The van der Waals surface area contributed by atoms with Crippen LogP contribution in [0.15, 0.2) is 34.9 Å². The van der Waals surface area contributed by atoms with Crippen molar-refractivity contribution in [1.82, 2.24) is 15.8 Å². The standard InChI is InChI=1S/C14H15N3O4/c1-9-6-12(17-21-9)8-16-14(20)15-7-10-2-4-11(5-3-10)13(18)19/h2-6H,7-8H2,1H3,(H,18,19)(H2,15,16,20). The first-order valence-corrected chi connectivity index (χ1v) is 6.31. The van der Waals surface area contributed by atoms with E-state index in [0.717, 1.165) is 5.56 Å². The molecule has 0 aliphatic carbocycles. The summed E-state index contributed by atoms with van der Waals surface area (Å²) in [6, 6.07) is 7.71. The molecule has 1 heterocycles. The van der Waals surface area contributed by atoms with Crippen LogP contribution in [-0.2, 0) is 13.1 Å². The van der Waals surface area contributed by atoms with Crippen LogP contribution in [0, 0.1) is 6.92 Å². The molecule has 2 rings (SSSR count). The number of aromatic carboxylic acids is 1. The van der Waals surface area contributed by atoms with Crippen molar-refractivity contribution < 1.29 is 19.2 Å². The number of hydrogen-bond acceptors (Lipinski definition) is 4. The lowest BCUT2D eigenvalue weighted by Gasteiger charge is -2.06. The van der Waals surface area contributed by atoms with Gasteiger partial charge >= 0.3 is 12.0 Å². The highest BCUT2D eigenvalue weighted by Crippen LogP contribution is 2.04. The van der Waals surface area contributed by atoms with Gasteiger partial charge < -0.3 is 20.3 Å². The number of hydrogen-bond donors (Lipinski definition) is 3. The molecule has 2 amide bonds. The molecule has 0 bridgehead atoms. The van der Waals surface area contributed by atoms with E-state index >= 15 is 0 Å². The lowest BCUT2D eigenvalue weighted by Crippen LogP contribution is -2.34. The van der Waals surface area contributed by atoms with E-state index in [1.807, 2.05) is 0 Å². The molecule has 0 unspecified atom stereocenters. The Morgan fingerprint density at radius 2 is 1.86 bits per heavy atom. The number of carbonyl (C=O) groups excluding carboxylic acids is 1. The monoisotopic (exact) mass is 289 g/mol. The summed E-state index contributed by atoms with van der Waals surface area (Å²) >= 11 is 0. The maximum Gasteiger partial charge on any atom is 0.335 e. The zero-order valence-corrected chi connectivity index (χ0v) is 11.4. The number of rotatable bonds is 5. The number of amides is 2. The van der Waals surface area contributed by atoms with Gasteiger partial charge in [-0.15, -0.1) is 0 Å². The SMILES string of the molecule is Cc1cc(CNC(=O)NCc2ccc(C(=O)O)cc2)no1. The van der Waals surface area contributed by atoms with Crippen LogP contribution < -0.4 is 10.6 Å². The fourth-order valence-corrected chi connectivity index (χ4v) is 1.68. The molecular weight excluding hydrogens is 274 g/mol. The molecule has 0 aliphatic heterocycles. The summed E-state index contributed by atoms with van der Waals surface area (Å²) in [4.78, 5) is 22.3. The predicted octanol–water partition coefficient (Wildman–Crippen LogP) is 1.68. The summed E-state index contributed by atoms with van der Waals surface area (Å²) in [6.07, 6.45) is 0. The number of carbonyl (C=O) groups is 2. The lowest BCUT2D eigenvalue weighted by molar-refractivity contribution is 0.0697. The fourth-order valence-electron chi connectivity index (χ4n) is 1.68. The van der Waals surface area contributed by atoms with Gasteiger partial charge in [-0.05, 0) is 24.6 Å². The van der Waals surface area contributed by atoms with Crippen LogP contribution in [0.4, 0.5) is 4.79 Å². The molecule has 7 nitrogen and oxygen atoms in total.